The third-order valence-corrected chi connectivity index (χ3v) is 12.2. The number of pyridine rings is 1. The number of hydrogen-bond acceptors (Lipinski definition) is 9. The van der Waals surface area contributed by atoms with Gasteiger partial charge in [0.05, 0.1) is 23.3 Å². The minimum atomic E-state index is -0.832. The second-order valence-electron chi connectivity index (χ2n) is 15.6. The van der Waals surface area contributed by atoms with E-state index in [0.29, 0.717) is 48.2 Å². The van der Waals surface area contributed by atoms with E-state index in [2.05, 4.69) is 41.9 Å². The van der Waals surface area contributed by atoms with Crippen molar-refractivity contribution in [3.05, 3.63) is 105 Å². The molecule has 56 heavy (non-hydrogen) atoms. The third-order valence-electron chi connectivity index (χ3n) is 11.9. The zero-order valence-electron chi connectivity index (χ0n) is 32.3. The van der Waals surface area contributed by atoms with E-state index in [1.807, 2.05) is 29.2 Å². The summed E-state index contributed by atoms with van der Waals surface area (Å²) in [5.41, 5.74) is 7.51. The Bertz CT molecular complexity index is 2080. The Morgan fingerprint density at radius 1 is 0.929 bits per heavy atom. The predicted molar refractivity (Wildman–Crippen MR) is 215 cm³/mol. The van der Waals surface area contributed by atoms with E-state index in [9.17, 15) is 20.3 Å². The largest absolute Gasteiger partial charge is 0.493 e. The molecule has 2 saturated heterocycles. The van der Waals surface area contributed by atoms with Crippen molar-refractivity contribution in [3.63, 3.8) is 0 Å². The average Bonchev–Trinajstić information content (AvgIpc) is 3.99. The highest BCUT2D eigenvalue weighted by molar-refractivity contribution is 6.32. The molecule has 2 N–H and O–H groups in total. The quantitative estimate of drug-likeness (QED) is 0.114. The van der Waals surface area contributed by atoms with E-state index < -0.39 is 12.0 Å². The lowest BCUT2D eigenvalue weighted by atomic mass is 9.90. The summed E-state index contributed by atoms with van der Waals surface area (Å²) in [5.74, 6) is 1.01. The number of aromatic nitrogens is 1. The molecule has 3 heterocycles. The van der Waals surface area contributed by atoms with Crippen LogP contribution in [0.3, 0.4) is 0 Å². The minimum Gasteiger partial charge on any atom is -0.493 e. The summed E-state index contributed by atoms with van der Waals surface area (Å²) in [7, 11) is 0. The molecule has 4 aromatic rings. The number of aliphatic hydroxyl groups excluding tert-OH is 1. The molecule has 1 aromatic heterocycles. The Balaban J connectivity index is 1.04. The Labute approximate surface area is 334 Å². The maximum atomic E-state index is 12.1. The lowest BCUT2D eigenvalue weighted by Gasteiger charge is -2.36. The number of ether oxygens (including phenoxy) is 3. The molecule has 1 unspecified atom stereocenters. The first-order valence-electron chi connectivity index (χ1n) is 19.7. The average molecular weight is 779 g/mol. The monoisotopic (exact) mass is 778 g/mol. The molecule has 10 nitrogen and oxygen atoms in total. The normalized spacial score (nSPS) is 19.3. The second-order valence-corrected chi connectivity index (χ2v) is 16.0. The fraction of sp³-hybridized carbons (Fsp3) is 0.444. The molecule has 294 valence electrons. The van der Waals surface area contributed by atoms with Crippen LogP contribution in [0.2, 0.25) is 5.02 Å². The minimum absolute atomic E-state index is 0.158. The number of carbonyl (C=O) groups is 1. The van der Waals surface area contributed by atoms with Crippen LogP contribution < -0.4 is 14.2 Å². The Kier molecular flexibility index (Phi) is 12.5. The number of nitriles is 1. The fourth-order valence-electron chi connectivity index (χ4n) is 8.26. The van der Waals surface area contributed by atoms with Crippen LogP contribution in [0, 0.1) is 30.6 Å². The summed E-state index contributed by atoms with van der Waals surface area (Å²) in [6.45, 7) is 9.00. The van der Waals surface area contributed by atoms with E-state index in [-0.39, 0.29) is 24.7 Å². The molecular weight excluding hydrogens is 728 g/mol. The lowest BCUT2D eigenvalue weighted by Crippen LogP contribution is -2.45. The van der Waals surface area contributed by atoms with Crippen molar-refractivity contribution in [2.75, 3.05) is 32.8 Å². The number of benzene rings is 3. The first-order chi connectivity index (χ1) is 27.1. The number of aliphatic carboxylic acids is 1. The number of β-amino-alcohol motifs (C(OH)–C–C–N with tert-alkyl or cyclic N) is 1. The number of aliphatic hydroxyl groups is 1. The summed E-state index contributed by atoms with van der Waals surface area (Å²) >= 11 is 6.87. The van der Waals surface area contributed by atoms with E-state index in [4.69, 9.17) is 25.8 Å². The van der Waals surface area contributed by atoms with Crippen molar-refractivity contribution in [1.29, 1.82) is 5.26 Å². The van der Waals surface area contributed by atoms with E-state index in [0.717, 1.165) is 90.0 Å². The Hall–Kier alpha value is -4.66. The van der Waals surface area contributed by atoms with Crippen molar-refractivity contribution in [1.82, 2.24) is 14.8 Å². The highest BCUT2D eigenvalue weighted by Crippen LogP contribution is 2.53. The lowest BCUT2D eigenvalue weighted by molar-refractivity contribution is -0.144. The Morgan fingerprint density at radius 2 is 1.71 bits per heavy atom. The number of halogens is 1. The van der Waals surface area contributed by atoms with Crippen LogP contribution in [0.15, 0.2) is 67.0 Å². The van der Waals surface area contributed by atoms with Gasteiger partial charge in [-0.2, -0.15) is 5.26 Å². The molecule has 7 rings (SSSR count). The van der Waals surface area contributed by atoms with Gasteiger partial charge in [-0.15, -0.1) is 0 Å². The highest BCUT2D eigenvalue weighted by atomic mass is 35.5. The molecular formula is C45H51ClN4O6. The van der Waals surface area contributed by atoms with Crippen LogP contribution in [-0.4, -0.2) is 75.9 Å². The van der Waals surface area contributed by atoms with Gasteiger partial charge in [-0.1, -0.05) is 48.4 Å². The summed E-state index contributed by atoms with van der Waals surface area (Å²) in [6.07, 6.45) is 9.69. The van der Waals surface area contributed by atoms with Crippen LogP contribution >= 0.6 is 11.6 Å². The molecule has 0 bridgehead atoms. The van der Waals surface area contributed by atoms with E-state index in [1.165, 1.54) is 19.0 Å². The van der Waals surface area contributed by atoms with Gasteiger partial charge in [-0.3, -0.25) is 14.7 Å². The van der Waals surface area contributed by atoms with Gasteiger partial charge in [0.25, 0.3) is 0 Å². The summed E-state index contributed by atoms with van der Waals surface area (Å²) in [6, 6.07) is 19.2. The number of nitrogens with zero attached hydrogens (tertiary/aromatic N) is 4. The van der Waals surface area contributed by atoms with Gasteiger partial charge in [0.1, 0.15) is 42.6 Å². The van der Waals surface area contributed by atoms with Gasteiger partial charge < -0.3 is 29.3 Å². The van der Waals surface area contributed by atoms with E-state index >= 15 is 0 Å². The standard InChI is InChI=1S/C45H51ClN4O6/c1-30-34(8-5-9-36(30)37-10-6-12-40(31(37)2)54-19-7-16-49-18-15-45(13-14-45)43(51)27-49)29-56-42-22-41(55-28-33-20-32(23-47)24-48-25-33)35(21-38(42)46)26-50-17-4-3-11-39(50)44(52)53/h5-6,8-10,12,20-22,24-25,39,43,51H,3-4,7,11,13-19,26-29H2,1-2H3,(H,52,53)/t39-,43?/m0/s1. The van der Waals surface area contributed by atoms with Crippen molar-refractivity contribution < 1.29 is 29.2 Å². The maximum absolute atomic E-state index is 12.1. The first-order valence-corrected chi connectivity index (χ1v) is 20.1. The molecule has 3 aliphatic rings. The topological polar surface area (TPSA) is 128 Å². The number of likely N-dealkylation sites (tertiary alicyclic amines) is 2. The van der Waals surface area contributed by atoms with Gasteiger partial charge in [0, 0.05) is 49.2 Å². The number of carboxylic acid groups (broad SMARTS) is 1. The number of piperidine rings is 2. The molecule has 3 aromatic carbocycles. The van der Waals surface area contributed by atoms with Crippen LogP contribution in [0.1, 0.15) is 78.3 Å². The first kappa shape index (κ1) is 39.6. The molecule has 11 heteroatoms. The number of hydrogen-bond donors (Lipinski definition) is 2. The van der Waals surface area contributed by atoms with Crippen molar-refractivity contribution in [2.24, 2.45) is 5.41 Å². The van der Waals surface area contributed by atoms with Crippen LogP contribution in [0.4, 0.5) is 0 Å². The molecule has 2 aliphatic heterocycles. The smallest absolute Gasteiger partial charge is 0.320 e. The highest BCUT2D eigenvalue weighted by Gasteiger charge is 2.51. The molecule has 0 radical (unpaired) electrons. The van der Waals surface area contributed by atoms with Crippen molar-refractivity contribution in [2.45, 2.75) is 90.7 Å². The fourth-order valence-corrected chi connectivity index (χ4v) is 8.50. The maximum Gasteiger partial charge on any atom is 0.320 e. The van der Waals surface area contributed by atoms with Gasteiger partial charge >= 0.3 is 5.97 Å². The van der Waals surface area contributed by atoms with Crippen molar-refractivity contribution in [3.8, 4) is 34.4 Å². The van der Waals surface area contributed by atoms with Crippen LogP contribution in [0.25, 0.3) is 11.1 Å². The molecule has 1 aliphatic carbocycles. The van der Waals surface area contributed by atoms with Gasteiger partial charge in [-0.25, -0.2) is 0 Å². The molecule has 2 atom stereocenters. The van der Waals surface area contributed by atoms with Gasteiger partial charge in [-0.05, 0) is 117 Å². The molecule has 0 amide bonds. The Morgan fingerprint density at radius 3 is 2.48 bits per heavy atom. The van der Waals surface area contributed by atoms with Crippen LogP contribution in [-0.2, 0) is 24.6 Å². The van der Waals surface area contributed by atoms with Gasteiger partial charge in [0.2, 0.25) is 0 Å². The molecule has 1 spiro atoms. The second kappa shape index (κ2) is 17.6. The van der Waals surface area contributed by atoms with E-state index in [1.54, 1.807) is 24.4 Å². The third kappa shape index (κ3) is 9.14. The molecule has 3 fully saturated rings. The summed E-state index contributed by atoms with van der Waals surface area (Å²) < 4.78 is 19.0. The SMILES string of the molecule is Cc1c(COc2cc(OCc3cncc(C#N)c3)c(CN3CCCC[C@H]3C(=O)O)cc2Cl)cccc1-c1cccc(OCCCN2CCC3(CC3)C(O)C2)c1C. The zero-order chi connectivity index (χ0) is 39.2. The number of carboxylic acids is 1. The number of rotatable bonds is 15. The predicted octanol–water partition coefficient (Wildman–Crippen LogP) is 8.10. The van der Waals surface area contributed by atoms with Crippen LogP contribution in [0.5, 0.6) is 17.2 Å². The zero-order valence-corrected chi connectivity index (χ0v) is 33.1. The molecule has 1 saturated carbocycles. The summed E-state index contributed by atoms with van der Waals surface area (Å²) in [5, 5.41) is 30.3. The summed E-state index contributed by atoms with van der Waals surface area (Å²) in [4.78, 5) is 20.6. The van der Waals surface area contributed by atoms with Crippen molar-refractivity contribution >= 4 is 17.6 Å². The van der Waals surface area contributed by atoms with Gasteiger partial charge in [0.15, 0.2) is 0 Å².